The van der Waals surface area contributed by atoms with Crippen LogP contribution in [0.2, 0.25) is 0 Å². The van der Waals surface area contributed by atoms with Gasteiger partial charge in [0.1, 0.15) is 0 Å². The number of hydrogen-bond acceptors (Lipinski definition) is 4. The first-order valence-electron chi connectivity index (χ1n) is 4.29. The number of rotatable bonds is 2. The van der Waals surface area contributed by atoms with Crippen molar-refractivity contribution in [1.82, 2.24) is 0 Å². The average molecular weight is 213 g/mol. The van der Waals surface area contributed by atoms with E-state index in [1.165, 1.54) is 0 Å². The third-order valence-electron chi connectivity index (χ3n) is 1.99. The molecule has 1 heterocycles. The fourth-order valence-corrected chi connectivity index (χ4v) is 2.43. The third kappa shape index (κ3) is 1.70. The first-order valence-corrected chi connectivity index (χ1v) is 5.61. The molecular formula is C9H11NO3S. The number of hydrogen-bond donors (Lipinski definition) is 0. The molecule has 1 aliphatic heterocycles. The highest BCUT2D eigenvalue weighted by Gasteiger charge is 2.46. The predicted molar refractivity (Wildman–Crippen MR) is 51.7 cm³/mol. The molecule has 1 rings (SSSR count). The van der Waals surface area contributed by atoms with E-state index in [1.807, 2.05) is 6.07 Å². The van der Waals surface area contributed by atoms with E-state index in [0.29, 0.717) is 0 Å². The van der Waals surface area contributed by atoms with Crippen LogP contribution >= 0.6 is 0 Å². The maximum absolute atomic E-state index is 11.6. The molecule has 5 heteroatoms. The molecule has 0 bridgehead atoms. The maximum atomic E-state index is 11.6. The van der Waals surface area contributed by atoms with Crippen LogP contribution in [0.15, 0.2) is 12.2 Å². The highest BCUT2D eigenvalue weighted by molar-refractivity contribution is 7.87. The van der Waals surface area contributed by atoms with Gasteiger partial charge in [-0.3, -0.25) is 4.21 Å². The van der Waals surface area contributed by atoms with Crippen LogP contribution in [-0.2, 0) is 20.3 Å². The highest BCUT2D eigenvalue weighted by Crippen LogP contribution is 2.25. The first-order chi connectivity index (χ1) is 6.67. The molecule has 0 fully saturated rings. The van der Waals surface area contributed by atoms with Gasteiger partial charge in [-0.2, -0.15) is 5.26 Å². The Balaban J connectivity index is 2.97. The normalized spacial score (nSPS) is 30.7. The van der Waals surface area contributed by atoms with Crippen molar-refractivity contribution >= 4 is 16.8 Å². The smallest absolute Gasteiger partial charge is 0.339 e. The van der Waals surface area contributed by atoms with Crippen LogP contribution in [0, 0.1) is 11.3 Å². The van der Waals surface area contributed by atoms with Gasteiger partial charge in [0.25, 0.3) is 0 Å². The summed E-state index contributed by atoms with van der Waals surface area (Å²) in [6, 6.07) is 1.83. The zero-order valence-corrected chi connectivity index (χ0v) is 8.67. The fourth-order valence-electron chi connectivity index (χ4n) is 1.21. The Kier molecular flexibility index (Phi) is 3.42. The molecule has 0 saturated carbocycles. The van der Waals surface area contributed by atoms with Crippen LogP contribution in [0.4, 0.5) is 0 Å². The first kappa shape index (κ1) is 10.9. The Morgan fingerprint density at radius 1 is 1.71 bits per heavy atom. The van der Waals surface area contributed by atoms with Crippen molar-refractivity contribution in [2.45, 2.75) is 18.1 Å². The van der Waals surface area contributed by atoms with E-state index < -0.39 is 21.5 Å². The number of carbonyl (C=O) groups excluding carboxylic acids is 1. The van der Waals surface area contributed by atoms with Gasteiger partial charge in [0, 0.05) is 12.2 Å². The Morgan fingerprint density at radius 3 is 2.93 bits per heavy atom. The van der Waals surface area contributed by atoms with E-state index in [1.54, 1.807) is 19.1 Å². The van der Waals surface area contributed by atoms with Crippen LogP contribution < -0.4 is 0 Å². The molecule has 1 aliphatic rings. The minimum Gasteiger partial charge on any atom is -0.464 e. The van der Waals surface area contributed by atoms with Crippen molar-refractivity contribution < 1.29 is 13.7 Å². The minimum absolute atomic E-state index is 0.176. The monoisotopic (exact) mass is 213 g/mol. The summed E-state index contributed by atoms with van der Waals surface area (Å²) in [5, 5.41) is 8.93. The van der Waals surface area contributed by atoms with Crippen LogP contribution in [0.1, 0.15) is 13.3 Å². The molecule has 0 aromatic heterocycles. The van der Waals surface area contributed by atoms with E-state index in [2.05, 4.69) is 0 Å². The van der Waals surface area contributed by atoms with Gasteiger partial charge in [-0.15, -0.1) is 0 Å². The number of carbonyl (C=O) groups is 1. The van der Waals surface area contributed by atoms with Gasteiger partial charge in [0.15, 0.2) is 0 Å². The van der Waals surface area contributed by atoms with E-state index in [4.69, 9.17) is 10.00 Å². The summed E-state index contributed by atoms with van der Waals surface area (Å²) >= 11 is 0. The lowest BCUT2D eigenvalue weighted by atomic mass is 10.1. The minimum atomic E-state index is -1.49. The summed E-state index contributed by atoms with van der Waals surface area (Å²) < 4.78 is 14.9. The van der Waals surface area contributed by atoms with E-state index >= 15 is 0 Å². The Labute approximate surface area is 85.0 Å². The fraction of sp³-hybridized carbons (Fsp3) is 0.556. The van der Waals surface area contributed by atoms with E-state index in [-0.39, 0.29) is 18.8 Å². The van der Waals surface area contributed by atoms with Crippen LogP contribution in [0.25, 0.3) is 0 Å². The standard InChI is InChI=1S/C9H11NO3S/c1-2-13-8(11)9(7-10)5-3-4-6-14(9)12/h3-4H,2,5-6H2,1H3. The summed E-state index contributed by atoms with van der Waals surface area (Å²) in [5.41, 5.74) is 0. The van der Waals surface area contributed by atoms with Crippen molar-refractivity contribution in [2.75, 3.05) is 12.4 Å². The summed E-state index contributed by atoms with van der Waals surface area (Å²) in [6.07, 6.45) is 3.58. The van der Waals surface area contributed by atoms with Crippen molar-refractivity contribution in [1.29, 1.82) is 5.26 Å². The van der Waals surface area contributed by atoms with E-state index in [0.717, 1.165) is 0 Å². The largest absolute Gasteiger partial charge is 0.464 e. The second-order valence-electron chi connectivity index (χ2n) is 2.85. The second-order valence-corrected chi connectivity index (χ2v) is 4.57. The number of esters is 1. The number of ether oxygens (including phenoxy) is 1. The topological polar surface area (TPSA) is 67.2 Å². The summed E-state index contributed by atoms with van der Waals surface area (Å²) in [4.78, 5) is 11.5. The van der Waals surface area contributed by atoms with Gasteiger partial charge < -0.3 is 4.74 Å². The average Bonchev–Trinajstić information content (AvgIpc) is 2.19. The molecule has 0 N–H and O–H groups in total. The van der Waals surface area contributed by atoms with Crippen molar-refractivity contribution in [3.8, 4) is 6.07 Å². The maximum Gasteiger partial charge on any atom is 0.339 e. The lowest BCUT2D eigenvalue weighted by Crippen LogP contribution is -2.45. The molecule has 4 nitrogen and oxygen atoms in total. The van der Waals surface area contributed by atoms with Gasteiger partial charge >= 0.3 is 5.97 Å². The zero-order chi connectivity index (χ0) is 10.6. The van der Waals surface area contributed by atoms with Gasteiger partial charge in [-0.25, -0.2) is 4.79 Å². The lowest BCUT2D eigenvalue weighted by Gasteiger charge is -2.23. The Morgan fingerprint density at radius 2 is 2.43 bits per heavy atom. The molecule has 14 heavy (non-hydrogen) atoms. The van der Waals surface area contributed by atoms with Gasteiger partial charge in [-0.1, -0.05) is 12.2 Å². The quantitative estimate of drug-likeness (QED) is 0.495. The highest BCUT2D eigenvalue weighted by atomic mass is 32.2. The van der Waals surface area contributed by atoms with E-state index in [9.17, 15) is 9.00 Å². The number of allylic oxidation sites excluding steroid dienone is 1. The Hall–Kier alpha value is -1.15. The predicted octanol–water partition coefficient (Wildman–Crippen LogP) is 0.520. The SMILES string of the molecule is CCOC(=O)C1(C#N)CC=CCS1=O. The molecule has 0 amide bonds. The van der Waals surface area contributed by atoms with Crippen molar-refractivity contribution in [3.63, 3.8) is 0 Å². The second kappa shape index (κ2) is 4.38. The van der Waals surface area contributed by atoms with Gasteiger partial charge in [0.05, 0.1) is 23.5 Å². The van der Waals surface area contributed by atoms with Crippen LogP contribution in [-0.4, -0.2) is 27.3 Å². The third-order valence-corrected chi connectivity index (χ3v) is 3.69. The summed E-state index contributed by atoms with van der Waals surface area (Å²) in [5.74, 6) is -0.433. The lowest BCUT2D eigenvalue weighted by molar-refractivity contribution is -0.144. The van der Waals surface area contributed by atoms with Gasteiger partial charge in [0.2, 0.25) is 4.75 Å². The van der Waals surface area contributed by atoms with Gasteiger partial charge in [-0.05, 0) is 6.92 Å². The zero-order valence-electron chi connectivity index (χ0n) is 7.86. The Bertz CT molecular complexity index is 331. The molecule has 0 aromatic rings. The molecule has 0 aromatic carbocycles. The summed E-state index contributed by atoms with van der Waals surface area (Å²) in [7, 11) is -1.49. The number of nitriles is 1. The van der Waals surface area contributed by atoms with Crippen LogP contribution in [0.3, 0.4) is 0 Å². The number of nitrogens with zero attached hydrogens (tertiary/aromatic N) is 1. The molecule has 0 spiro atoms. The van der Waals surface area contributed by atoms with Crippen molar-refractivity contribution in [3.05, 3.63) is 12.2 Å². The molecule has 0 saturated heterocycles. The summed E-state index contributed by atoms with van der Waals surface area (Å²) in [6.45, 7) is 1.85. The van der Waals surface area contributed by atoms with Crippen molar-refractivity contribution in [2.24, 2.45) is 0 Å². The molecule has 76 valence electrons. The molecular weight excluding hydrogens is 202 g/mol. The molecule has 2 unspecified atom stereocenters. The molecule has 0 aliphatic carbocycles. The van der Waals surface area contributed by atoms with Crippen LogP contribution in [0.5, 0.6) is 0 Å². The molecule has 2 atom stereocenters. The molecule has 0 radical (unpaired) electrons.